The third kappa shape index (κ3) is 2.35. The van der Waals surface area contributed by atoms with Crippen molar-refractivity contribution >= 4 is 11.7 Å². The quantitative estimate of drug-likeness (QED) is 0.759. The third-order valence-electron chi connectivity index (χ3n) is 2.26. The molecule has 1 aromatic rings. The number of nitrogens with zero attached hydrogens (tertiary/aromatic N) is 3. The molecular formula is C11H13N3O2. The van der Waals surface area contributed by atoms with Gasteiger partial charge in [-0.25, -0.2) is 4.98 Å². The van der Waals surface area contributed by atoms with E-state index >= 15 is 0 Å². The molecule has 16 heavy (non-hydrogen) atoms. The first-order chi connectivity index (χ1) is 7.61. The van der Waals surface area contributed by atoms with Gasteiger partial charge in [0.1, 0.15) is 12.2 Å². The molecule has 0 fully saturated rings. The van der Waals surface area contributed by atoms with Crippen LogP contribution in [0.4, 0.5) is 5.82 Å². The number of anilines is 1. The topological polar surface area (TPSA) is 66.2 Å². The van der Waals surface area contributed by atoms with E-state index in [0.29, 0.717) is 11.4 Å². The van der Waals surface area contributed by atoms with E-state index in [1.54, 1.807) is 26.1 Å². The Hall–Kier alpha value is -1.93. The number of methoxy groups -OCH3 is 1. The van der Waals surface area contributed by atoms with Gasteiger partial charge in [-0.1, -0.05) is 0 Å². The van der Waals surface area contributed by atoms with Crippen molar-refractivity contribution < 1.29 is 9.53 Å². The summed E-state index contributed by atoms with van der Waals surface area (Å²) in [5.41, 5.74) is 0.363. The van der Waals surface area contributed by atoms with Gasteiger partial charge in [-0.15, -0.1) is 0 Å². The van der Waals surface area contributed by atoms with Crippen molar-refractivity contribution in [3.63, 3.8) is 0 Å². The highest BCUT2D eigenvalue weighted by Crippen LogP contribution is 2.15. The minimum atomic E-state index is -0.557. The van der Waals surface area contributed by atoms with Crippen molar-refractivity contribution in [1.29, 1.82) is 5.26 Å². The van der Waals surface area contributed by atoms with Gasteiger partial charge in [-0.2, -0.15) is 5.26 Å². The second kappa shape index (κ2) is 5.24. The number of nitriles is 1. The van der Waals surface area contributed by atoms with Crippen molar-refractivity contribution in [3.8, 4) is 6.07 Å². The van der Waals surface area contributed by atoms with Crippen LogP contribution in [-0.4, -0.2) is 31.2 Å². The average molecular weight is 219 g/mol. The number of hydrogen-bond donors (Lipinski definition) is 0. The van der Waals surface area contributed by atoms with Gasteiger partial charge in [0.05, 0.1) is 5.56 Å². The fraction of sp³-hybridized carbons (Fsp3) is 0.364. The highest BCUT2D eigenvalue weighted by Gasteiger charge is 2.20. The normalized spacial score (nSPS) is 11.6. The van der Waals surface area contributed by atoms with Crippen molar-refractivity contribution in [2.45, 2.75) is 13.0 Å². The monoisotopic (exact) mass is 219 g/mol. The van der Waals surface area contributed by atoms with Gasteiger partial charge in [0.15, 0.2) is 5.82 Å². The Bertz CT molecular complexity index is 425. The molecule has 0 N–H and O–H groups in total. The number of likely N-dealkylation sites (N-methyl/N-ethyl adjacent to an activating group) is 1. The van der Waals surface area contributed by atoms with Gasteiger partial charge < -0.3 is 4.74 Å². The van der Waals surface area contributed by atoms with E-state index in [1.165, 1.54) is 18.2 Å². The summed E-state index contributed by atoms with van der Waals surface area (Å²) < 4.78 is 4.93. The summed E-state index contributed by atoms with van der Waals surface area (Å²) in [6.07, 6.45) is 0.982. The van der Waals surface area contributed by atoms with Crippen LogP contribution in [0.2, 0.25) is 0 Å². The molecule has 0 saturated carbocycles. The maximum atomic E-state index is 11.8. The Kier molecular flexibility index (Phi) is 3.97. The molecule has 1 rings (SSSR count). The molecule has 0 radical (unpaired) electrons. The van der Waals surface area contributed by atoms with E-state index in [9.17, 15) is 4.79 Å². The zero-order valence-electron chi connectivity index (χ0n) is 9.47. The van der Waals surface area contributed by atoms with Crippen molar-refractivity contribution in [2.75, 3.05) is 19.1 Å². The number of rotatable bonds is 3. The number of carbonyl (C=O) groups is 1. The van der Waals surface area contributed by atoms with Crippen LogP contribution in [0.15, 0.2) is 18.3 Å². The van der Waals surface area contributed by atoms with Gasteiger partial charge in [0.2, 0.25) is 0 Å². The number of amides is 1. The molecule has 84 valence electrons. The van der Waals surface area contributed by atoms with Crippen LogP contribution in [0.3, 0.4) is 0 Å². The molecule has 5 heteroatoms. The molecule has 1 amide bonds. The fourth-order valence-electron chi connectivity index (χ4n) is 1.23. The van der Waals surface area contributed by atoms with Crippen LogP contribution in [0.25, 0.3) is 0 Å². The number of carbonyl (C=O) groups excluding carboxylic acids is 1. The maximum absolute atomic E-state index is 11.8. The van der Waals surface area contributed by atoms with Gasteiger partial charge in [0.25, 0.3) is 5.91 Å². The summed E-state index contributed by atoms with van der Waals surface area (Å²) in [6, 6.07) is 5.26. The summed E-state index contributed by atoms with van der Waals surface area (Å²) >= 11 is 0. The molecule has 1 aromatic heterocycles. The van der Waals surface area contributed by atoms with Crippen LogP contribution in [0, 0.1) is 11.3 Å². The van der Waals surface area contributed by atoms with Gasteiger partial charge in [-0.05, 0) is 19.1 Å². The molecule has 1 atom stereocenters. The van der Waals surface area contributed by atoms with Gasteiger partial charge in [0, 0.05) is 20.4 Å². The predicted molar refractivity (Wildman–Crippen MR) is 58.8 cm³/mol. The lowest BCUT2D eigenvalue weighted by Gasteiger charge is -2.20. The Morgan fingerprint density at radius 2 is 2.38 bits per heavy atom. The zero-order chi connectivity index (χ0) is 12.1. The Labute approximate surface area is 94.3 Å². The molecule has 0 bridgehead atoms. The smallest absolute Gasteiger partial charge is 0.256 e. The van der Waals surface area contributed by atoms with Gasteiger partial charge >= 0.3 is 0 Å². The predicted octanol–water partition coefficient (Wildman–Crippen LogP) is 0.951. The fourth-order valence-corrected chi connectivity index (χ4v) is 1.23. The van der Waals surface area contributed by atoms with Gasteiger partial charge in [-0.3, -0.25) is 9.69 Å². The second-order valence-electron chi connectivity index (χ2n) is 3.26. The molecular weight excluding hydrogens is 206 g/mol. The third-order valence-corrected chi connectivity index (χ3v) is 2.26. The summed E-state index contributed by atoms with van der Waals surface area (Å²) in [5.74, 6) is 0.108. The minimum Gasteiger partial charge on any atom is -0.372 e. The van der Waals surface area contributed by atoms with E-state index in [0.717, 1.165) is 0 Å². The van der Waals surface area contributed by atoms with E-state index in [4.69, 9.17) is 10.00 Å². The summed E-state index contributed by atoms with van der Waals surface area (Å²) in [5, 5.41) is 8.89. The van der Waals surface area contributed by atoms with Crippen molar-refractivity contribution in [2.24, 2.45) is 0 Å². The molecule has 0 saturated heterocycles. The lowest BCUT2D eigenvalue weighted by atomic mass is 10.2. The molecule has 1 heterocycles. The van der Waals surface area contributed by atoms with Crippen LogP contribution >= 0.6 is 0 Å². The Balaban J connectivity index is 3.01. The summed E-state index contributed by atoms with van der Waals surface area (Å²) in [4.78, 5) is 17.1. The number of hydrogen-bond acceptors (Lipinski definition) is 4. The highest BCUT2D eigenvalue weighted by atomic mass is 16.5. The SMILES string of the molecule is CO[C@H](C)C(=O)N(C)c1ncccc1C#N. The van der Waals surface area contributed by atoms with Crippen molar-refractivity contribution in [3.05, 3.63) is 23.9 Å². The minimum absolute atomic E-state index is 0.238. The van der Waals surface area contributed by atoms with Crippen LogP contribution in [0.5, 0.6) is 0 Å². The first-order valence-electron chi connectivity index (χ1n) is 4.77. The molecule has 0 aliphatic rings. The number of ether oxygens (including phenoxy) is 1. The molecule has 0 aromatic carbocycles. The first-order valence-corrected chi connectivity index (χ1v) is 4.77. The summed E-state index contributed by atoms with van der Waals surface area (Å²) in [6.45, 7) is 1.65. The summed E-state index contributed by atoms with van der Waals surface area (Å²) in [7, 11) is 3.03. The molecule has 0 aliphatic carbocycles. The zero-order valence-corrected chi connectivity index (χ0v) is 9.47. The molecule has 0 unspecified atom stereocenters. The average Bonchev–Trinajstić information content (AvgIpc) is 2.35. The second-order valence-corrected chi connectivity index (χ2v) is 3.26. The van der Waals surface area contributed by atoms with Crippen LogP contribution < -0.4 is 4.90 Å². The molecule has 0 aliphatic heterocycles. The van der Waals surface area contributed by atoms with Crippen LogP contribution in [-0.2, 0) is 9.53 Å². The molecule has 5 nitrogen and oxygen atoms in total. The van der Waals surface area contributed by atoms with E-state index < -0.39 is 6.10 Å². The van der Waals surface area contributed by atoms with E-state index in [2.05, 4.69) is 4.98 Å². The first kappa shape index (κ1) is 12.1. The van der Waals surface area contributed by atoms with E-state index in [-0.39, 0.29) is 5.91 Å². The Morgan fingerprint density at radius 3 is 2.94 bits per heavy atom. The maximum Gasteiger partial charge on any atom is 0.256 e. The standard InChI is InChI=1S/C11H13N3O2/c1-8(16-3)11(15)14(2)10-9(7-12)5-4-6-13-10/h4-6,8H,1-3H3/t8-/m1/s1. The van der Waals surface area contributed by atoms with Crippen molar-refractivity contribution in [1.82, 2.24) is 4.98 Å². The largest absolute Gasteiger partial charge is 0.372 e. The lowest BCUT2D eigenvalue weighted by molar-refractivity contribution is -0.127. The molecule has 0 spiro atoms. The van der Waals surface area contributed by atoms with E-state index in [1.807, 2.05) is 6.07 Å². The Morgan fingerprint density at radius 1 is 1.69 bits per heavy atom. The highest BCUT2D eigenvalue weighted by molar-refractivity contribution is 5.95. The lowest BCUT2D eigenvalue weighted by Crippen LogP contribution is -2.36. The van der Waals surface area contributed by atoms with Crippen LogP contribution in [0.1, 0.15) is 12.5 Å². The number of aromatic nitrogens is 1. The number of pyridine rings is 1.